The van der Waals surface area contributed by atoms with Gasteiger partial charge in [-0.2, -0.15) is 0 Å². The average molecular weight is 299 g/mol. The van der Waals surface area contributed by atoms with E-state index < -0.39 is 0 Å². The van der Waals surface area contributed by atoms with Gasteiger partial charge in [-0.1, -0.05) is 19.9 Å². The Kier molecular flexibility index (Phi) is 2.94. The second kappa shape index (κ2) is 4.74. The molecule has 0 radical (unpaired) electrons. The second-order valence-corrected chi connectivity index (χ2v) is 6.89. The Hall–Kier alpha value is -2.01. The zero-order valence-electron chi connectivity index (χ0n) is 12.8. The Morgan fingerprint density at radius 1 is 1.36 bits per heavy atom. The van der Waals surface area contributed by atoms with Crippen molar-refractivity contribution in [3.63, 3.8) is 0 Å². The van der Waals surface area contributed by atoms with Crippen LogP contribution in [-0.4, -0.2) is 29.8 Å². The average Bonchev–Trinajstić information content (AvgIpc) is 3.13. The van der Waals surface area contributed by atoms with Crippen molar-refractivity contribution in [2.45, 2.75) is 32.4 Å². The lowest BCUT2D eigenvalue weighted by atomic mass is 9.57. The first-order valence-corrected chi connectivity index (χ1v) is 7.82. The van der Waals surface area contributed by atoms with E-state index in [9.17, 15) is 4.79 Å². The number of nitrogens with one attached hydrogen (secondary N) is 3. The van der Waals surface area contributed by atoms with E-state index in [0.717, 1.165) is 29.6 Å². The van der Waals surface area contributed by atoms with Crippen molar-refractivity contribution >= 4 is 22.6 Å². The van der Waals surface area contributed by atoms with Crippen molar-refractivity contribution in [1.29, 1.82) is 0 Å². The van der Waals surface area contributed by atoms with Crippen LogP contribution >= 0.6 is 0 Å². The smallest absolute Gasteiger partial charge is 0.319 e. The predicted molar refractivity (Wildman–Crippen MR) is 85.9 cm³/mol. The number of benzene rings is 1. The molecular weight excluding hydrogens is 278 g/mol. The van der Waals surface area contributed by atoms with E-state index in [4.69, 9.17) is 4.74 Å². The van der Waals surface area contributed by atoms with Crippen LogP contribution in [0.15, 0.2) is 30.5 Å². The van der Waals surface area contributed by atoms with E-state index in [-0.39, 0.29) is 23.6 Å². The number of carbonyl (C=O) groups is 1. The summed E-state index contributed by atoms with van der Waals surface area (Å²) in [7, 11) is 0. The minimum absolute atomic E-state index is 0.00139. The van der Waals surface area contributed by atoms with Crippen molar-refractivity contribution in [2.75, 3.05) is 11.9 Å². The van der Waals surface area contributed by atoms with Crippen molar-refractivity contribution < 1.29 is 9.53 Å². The van der Waals surface area contributed by atoms with Crippen LogP contribution in [0.5, 0.6) is 0 Å². The second-order valence-electron chi connectivity index (χ2n) is 6.89. The molecule has 5 heteroatoms. The third-order valence-electron chi connectivity index (χ3n) is 5.23. The van der Waals surface area contributed by atoms with Gasteiger partial charge in [0, 0.05) is 41.1 Å². The lowest BCUT2D eigenvalue weighted by Gasteiger charge is -2.54. The molecule has 1 aromatic heterocycles. The number of anilines is 1. The summed E-state index contributed by atoms with van der Waals surface area (Å²) in [5.74, 6) is 0.448. The normalized spacial score (nSPS) is 28.9. The molecule has 2 aromatic rings. The minimum atomic E-state index is -0.142. The number of hydrogen-bond acceptors (Lipinski definition) is 2. The highest BCUT2D eigenvalue weighted by atomic mass is 16.5. The van der Waals surface area contributed by atoms with Crippen LogP contribution in [-0.2, 0) is 4.74 Å². The Labute approximate surface area is 129 Å². The van der Waals surface area contributed by atoms with E-state index in [0.29, 0.717) is 5.92 Å². The largest absolute Gasteiger partial charge is 0.377 e. The summed E-state index contributed by atoms with van der Waals surface area (Å²) in [4.78, 5) is 15.5. The lowest BCUT2D eigenvalue weighted by Crippen LogP contribution is -2.67. The number of carbonyl (C=O) groups excluding carboxylic acids is 1. The maximum atomic E-state index is 12.4. The Morgan fingerprint density at radius 2 is 2.23 bits per heavy atom. The van der Waals surface area contributed by atoms with Gasteiger partial charge in [0.25, 0.3) is 0 Å². The molecule has 4 rings (SSSR count). The third kappa shape index (κ3) is 1.92. The van der Waals surface area contributed by atoms with Crippen LogP contribution in [0.2, 0.25) is 0 Å². The molecule has 1 aromatic carbocycles. The van der Waals surface area contributed by atoms with E-state index in [2.05, 4.69) is 29.5 Å². The molecule has 0 spiro atoms. The summed E-state index contributed by atoms with van der Waals surface area (Å²) in [6.45, 7) is 5.13. The summed E-state index contributed by atoms with van der Waals surface area (Å²) < 4.78 is 5.77. The molecule has 2 fully saturated rings. The molecular formula is C17H21N3O2. The quantitative estimate of drug-likeness (QED) is 0.797. The molecule has 2 aliphatic rings. The lowest BCUT2D eigenvalue weighted by molar-refractivity contribution is -0.107. The van der Waals surface area contributed by atoms with Crippen LogP contribution in [0.4, 0.5) is 10.5 Å². The Balaban J connectivity index is 1.48. The Morgan fingerprint density at radius 3 is 3.09 bits per heavy atom. The first-order chi connectivity index (χ1) is 10.6. The molecule has 1 saturated heterocycles. The number of amides is 2. The molecule has 1 saturated carbocycles. The van der Waals surface area contributed by atoms with Crippen molar-refractivity contribution in [1.82, 2.24) is 10.3 Å². The molecule has 3 atom stereocenters. The molecule has 1 aliphatic heterocycles. The third-order valence-corrected chi connectivity index (χ3v) is 5.23. The van der Waals surface area contributed by atoms with Crippen LogP contribution in [0.1, 0.15) is 20.3 Å². The van der Waals surface area contributed by atoms with Gasteiger partial charge in [0.05, 0.1) is 11.8 Å². The highest BCUT2D eigenvalue weighted by Gasteiger charge is 2.59. The number of ether oxygens (including phenoxy) is 1. The molecule has 3 N–H and O–H groups in total. The zero-order chi connectivity index (χ0) is 15.3. The van der Waals surface area contributed by atoms with E-state index >= 15 is 0 Å². The van der Waals surface area contributed by atoms with Gasteiger partial charge in [-0.3, -0.25) is 0 Å². The SMILES string of the molecule is CC1(C)C(NC(=O)Nc2cccc3[nH]ccc23)C2CCOC21. The number of H-pyrrole nitrogens is 1. The van der Waals surface area contributed by atoms with Gasteiger partial charge >= 0.3 is 6.03 Å². The van der Waals surface area contributed by atoms with Crippen LogP contribution in [0, 0.1) is 11.3 Å². The van der Waals surface area contributed by atoms with Gasteiger partial charge in [0.2, 0.25) is 0 Å². The van der Waals surface area contributed by atoms with Gasteiger partial charge in [0.1, 0.15) is 0 Å². The molecule has 5 nitrogen and oxygen atoms in total. The van der Waals surface area contributed by atoms with Crippen molar-refractivity contribution in [3.05, 3.63) is 30.5 Å². The first-order valence-electron chi connectivity index (χ1n) is 7.82. The maximum Gasteiger partial charge on any atom is 0.319 e. The highest BCUT2D eigenvalue weighted by Crippen LogP contribution is 2.52. The molecule has 22 heavy (non-hydrogen) atoms. The molecule has 116 valence electrons. The van der Waals surface area contributed by atoms with Crippen molar-refractivity contribution in [3.8, 4) is 0 Å². The Bertz CT molecular complexity index is 722. The summed E-state index contributed by atoms with van der Waals surface area (Å²) in [5.41, 5.74) is 1.84. The molecule has 2 heterocycles. The standard InChI is InChI=1S/C17H21N3O2/c1-17(2)14(11-7-9-22-15(11)17)20-16(21)19-13-5-3-4-12-10(13)6-8-18-12/h3-6,8,11,14-15,18H,7,9H2,1-2H3,(H2,19,20,21). The molecule has 1 aliphatic carbocycles. The predicted octanol–water partition coefficient (Wildman–Crippen LogP) is 3.10. The summed E-state index contributed by atoms with van der Waals surface area (Å²) in [5, 5.41) is 7.14. The topological polar surface area (TPSA) is 66.2 Å². The first kappa shape index (κ1) is 13.6. The van der Waals surface area contributed by atoms with Crippen LogP contribution in [0.25, 0.3) is 10.9 Å². The zero-order valence-corrected chi connectivity index (χ0v) is 12.8. The molecule has 3 unspecified atom stereocenters. The fourth-order valence-electron chi connectivity index (χ4n) is 4.11. The van der Waals surface area contributed by atoms with Crippen molar-refractivity contribution in [2.24, 2.45) is 11.3 Å². The van der Waals surface area contributed by atoms with Crippen LogP contribution < -0.4 is 10.6 Å². The van der Waals surface area contributed by atoms with E-state index in [1.165, 1.54) is 0 Å². The molecule has 2 amide bonds. The van der Waals surface area contributed by atoms with Gasteiger partial charge in [-0.15, -0.1) is 0 Å². The number of fused-ring (bicyclic) bond motifs is 2. The number of aromatic nitrogens is 1. The fourth-order valence-corrected chi connectivity index (χ4v) is 4.11. The number of aromatic amines is 1. The van der Waals surface area contributed by atoms with Gasteiger partial charge in [-0.05, 0) is 24.6 Å². The minimum Gasteiger partial charge on any atom is -0.377 e. The number of urea groups is 1. The summed E-state index contributed by atoms with van der Waals surface area (Å²) in [6.07, 6.45) is 3.20. The summed E-state index contributed by atoms with van der Waals surface area (Å²) >= 11 is 0. The van der Waals surface area contributed by atoms with Gasteiger partial charge in [0.15, 0.2) is 0 Å². The van der Waals surface area contributed by atoms with Gasteiger partial charge in [-0.25, -0.2) is 4.79 Å². The number of hydrogen-bond donors (Lipinski definition) is 3. The highest BCUT2D eigenvalue weighted by molar-refractivity contribution is 6.00. The van der Waals surface area contributed by atoms with Crippen LogP contribution in [0.3, 0.4) is 0 Å². The fraction of sp³-hybridized carbons (Fsp3) is 0.471. The van der Waals surface area contributed by atoms with E-state index in [1.54, 1.807) is 0 Å². The number of rotatable bonds is 2. The van der Waals surface area contributed by atoms with E-state index in [1.807, 2.05) is 30.5 Å². The maximum absolute atomic E-state index is 12.4. The summed E-state index contributed by atoms with van der Waals surface area (Å²) in [6, 6.07) is 7.85. The monoisotopic (exact) mass is 299 g/mol. The van der Waals surface area contributed by atoms with Gasteiger partial charge < -0.3 is 20.4 Å². The molecule has 0 bridgehead atoms.